The van der Waals surface area contributed by atoms with Gasteiger partial charge < -0.3 is 5.11 Å². The highest BCUT2D eigenvalue weighted by Crippen LogP contribution is 2.71. The summed E-state index contributed by atoms with van der Waals surface area (Å²) in [5.74, 6) is 1.65. The third-order valence-electron chi connectivity index (χ3n) is 6.52. The molecule has 0 unspecified atom stereocenters. The van der Waals surface area contributed by atoms with E-state index < -0.39 is 5.60 Å². The van der Waals surface area contributed by atoms with Crippen LogP contribution in [-0.2, 0) is 4.79 Å². The van der Waals surface area contributed by atoms with E-state index in [9.17, 15) is 9.90 Å². The van der Waals surface area contributed by atoms with Crippen LogP contribution in [0.2, 0.25) is 0 Å². The molecule has 1 spiro atoms. The Morgan fingerprint density at radius 2 is 1.82 bits per heavy atom. The first-order valence-electron chi connectivity index (χ1n) is 6.98. The molecule has 0 aromatic carbocycles. The van der Waals surface area contributed by atoms with Gasteiger partial charge in [0, 0.05) is 11.8 Å². The van der Waals surface area contributed by atoms with Crippen molar-refractivity contribution >= 4 is 5.78 Å². The minimum atomic E-state index is -0.782. The zero-order valence-electron chi connectivity index (χ0n) is 11.4. The molecule has 0 aliphatic heterocycles. The topological polar surface area (TPSA) is 37.3 Å². The van der Waals surface area contributed by atoms with Crippen LogP contribution < -0.4 is 0 Å². The van der Waals surface area contributed by atoms with Crippen molar-refractivity contribution in [3.63, 3.8) is 0 Å². The van der Waals surface area contributed by atoms with E-state index in [0.717, 1.165) is 6.42 Å². The summed E-state index contributed by atoms with van der Waals surface area (Å²) in [5.41, 5.74) is -0.757. The fourth-order valence-electron chi connectivity index (χ4n) is 5.72. The number of ketones is 1. The highest BCUT2D eigenvalue weighted by molar-refractivity contribution is 5.88. The first kappa shape index (κ1) is 11.7. The first-order chi connectivity index (χ1) is 7.73. The van der Waals surface area contributed by atoms with Gasteiger partial charge in [0.05, 0.1) is 5.60 Å². The van der Waals surface area contributed by atoms with Crippen molar-refractivity contribution in [2.75, 3.05) is 0 Å². The molecule has 0 aromatic heterocycles. The van der Waals surface area contributed by atoms with Gasteiger partial charge in [0.2, 0.25) is 0 Å². The van der Waals surface area contributed by atoms with Gasteiger partial charge in [-0.05, 0) is 49.4 Å². The Kier molecular flexibility index (Phi) is 2.04. The standard InChI is InChI=1S/C15H24O2/c1-9-5-6-10-13(2,3)11-7-15(9,10)12(16)8-14(11,4)17/h9-11,17H,5-8H2,1-4H3/t9-,10+,11-,14-,15+/m1/s1. The fourth-order valence-corrected chi connectivity index (χ4v) is 5.72. The lowest BCUT2D eigenvalue weighted by Gasteiger charge is -2.43. The summed E-state index contributed by atoms with van der Waals surface area (Å²) in [7, 11) is 0. The summed E-state index contributed by atoms with van der Waals surface area (Å²) in [5, 5.41) is 10.6. The Hall–Kier alpha value is -0.370. The van der Waals surface area contributed by atoms with Gasteiger partial charge in [0.1, 0.15) is 5.78 Å². The van der Waals surface area contributed by atoms with E-state index in [1.54, 1.807) is 0 Å². The number of carbonyl (C=O) groups excluding carboxylic acids is 1. The molecule has 3 saturated carbocycles. The van der Waals surface area contributed by atoms with E-state index in [0.29, 0.717) is 30.0 Å². The van der Waals surface area contributed by atoms with E-state index in [-0.39, 0.29) is 10.8 Å². The normalized spacial score (nSPS) is 56.1. The van der Waals surface area contributed by atoms with Gasteiger partial charge in [-0.2, -0.15) is 0 Å². The largest absolute Gasteiger partial charge is 0.389 e. The molecule has 2 heteroatoms. The highest BCUT2D eigenvalue weighted by Gasteiger charge is 2.71. The summed E-state index contributed by atoms with van der Waals surface area (Å²) >= 11 is 0. The summed E-state index contributed by atoms with van der Waals surface area (Å²) in [4.78, 5) is 12.6. The monoisotopic (exact) mass is 236 g/mol. The molecule has 96 valence electrons. The van der Waals surface area contributed by atoms with Crippen LogP contribution in [-0.4, -0.2) is 16.5 Å². The van der Waals surface area contributed by atoms with Gasteiger partial charge >= 0.3 is 0 Å². The number of aliphatic hydroxyl groups is 1. The zero-order valence-corrected chi connectivity index (χ0v) is 11.4. The Morgan fingerprint density at radius 3 is 2.47 bits per heavy atom. The van der Waals surface area contributed by atoms with E-state index in [1.165, 1.54) is 12.8 Å². The van der Waals surface area contributed by atoms with Crippen LogP contribution in [0.15, 0.2) is 0 Å². The summed E-state index contributed by atoms with van der Waals surface area (Å²) < 4.78 is 0. The predicted octanol–water partition coefficient (Wildman–Crippen LogP) is 2.79. The van der Waals surface area contributed by atoms with Crippen molar-refractivity contribution in [2.24, 2.45) is 28.6 Å². The van der Waals surface area contributed by atoms with Crippen LogP contribution in [0.3, 0.4) is 0 Å². The number of hydrogen-bond donors (Lipinski definition) is 1. The molecule has 3 fully saturated rings. The minimum absolute atomic E-state index is 0.0869. The number of hydrogen-bond acceptors (Lipinski definition) is 2. The predicted molar refractivity (Wildman–Crippen MR) is 66.5 cm³/mol. The average molecular weight is 236 g/mol. The molecule has 3 aliphatic rings. The number of Topliss-reactive ketones (excluding diaryl/α,β-unsaturated/α-hetero) is 1. The summed E-state index contributed by atoms with van der Waals surface area (Å²) in [6.45, 7) is 8.66. The zero-order chi connectivity index (χ0) is 12.6. The number of fused-ring (bicyclic) bond motifs is 1. The molecule has 0 amide bonds. The molecule has 0 aromatic rings. The summed E-state index contributed by atoms with van der Waals surface area (Å²) in [6, 6.07) is 0. The Morgan fingerprint density at radius 1 is 1.18 bits per heavy atom. The molecule has 3 aliphatic carbocycles. The maximum Gasteiger partial charge on any atom is 0.142 e. The first-order valence-corrected chi connectivity index (χ1v) is 6.98. The molecular weight excluding hydrogens is 212 g/mol. The van der Waals surface area contributed by atoms with Crippen LogP contribution in [0.5, 0.6) is 0 Å². The third-order valence-corrected chi connectivity index (χ3v) is 6.52. The van der Waals surface area contributed by atoms with Gasteiger partial charge in [-0.15, -0.1) is 0 Å². The van der Waals surface area contributed by atoms with E-state index in [2.05, 4.69) is 20.8 Å². The van der Waals surface area contributed by atoms with Crippen LogP contribution in [0.25, 0.3) is 0 Å². The molecule has 2 nitrogen and oxygen atoms in total. The van der Waals surface area contributed by atoms with Crippen LogP contribution >= 0.6 is 0 Å². The molecule has 1 N–H and O–H groups in total. The lowest BCUT2D eigenvalue weighted by atomic mass is 9.63. The van der Waals surface area contributed by atoms with Gasteiger partial charge in [0.25, 0.3) is 0 Å². The van der Waals surface area contributed by atoms with Crippen molar-refractivity contribution in [3.05, 3.63) is 0 Å². The molecule has 17 heavy (non-hydrogen) atoms. The molecule has 3 rings (SSSR count). The minimum Gasteiger partial charge on any atom is -0.389 e. The van der Waals surface area contributed by atoms with Crippen LogP contribution in [0, 0.1) is 28.6 Å². The van der Waals surface area contributed by atoms with Gasteiger partial charge in [-0.1, -0.05) is 20.8 Å². The Bertz CT molecular complexity index is 382. The molecule has 0 radical (unpaired) electrons. The Labute approximate surface area is 104 Å². The van der Waals surface area contributed by atoms with E-state index >= 15 is 0 Å². The van der Waals surface area contributed by atoms with Crippen LogP contribution in [0.4, 0.5) is 0 Å². The number of carbonyl (C=O) groups is 1. The van der Waals surface area contributed by atoms with Gasteiger partial charge in [-0.3, -0.25) is 4.79 Å². The van der Waals surface area contributed by atoms with Gasteiger partial charge in [-0.25, -0.2) is 0 Å². The smallest absolute Gasteiger partial charge is 0.142 e. The maximum atomic E-state index is 12.6. The Balaban J connectivity index is 2.15. The van der Waals surface area contributed by atoms with E-state index in [4.69, 9.17) is 0 Å². The third kappa shape index (κ3) is 1.13. The summed E-state index contributed by atoms with van der Waals surface area (Å²) in [6.07, 6.45) is 3.67. The highest BCUT2D eigenvalue weighted by atomic mass is 16.3. The molecule has 2 bridgehead atoms. The fraction of sp³-hybridized carbons (Fsp3) is 0.933. The van der Waals surface area contributed by atoms with Crippen molar-refractivity contribution in [1.82, 2.24) is 0 Å². The quantitative estimate of drug-likeness (QED) is 0.702. The lowest BCUT2D eigenvalue weighted by molar-refractivity contribution is -0.144. The molecule has 0 heterocycles. The van der Waals surface area contributed by atoms with Crippen molar-refractivity contribution in [2.45, 2.75) is 59.0 Å². The molecular formula is C15H24O2. The van der Waals surface area contributed by atoms with Crippen molar-refractivity contribution in [1.29, 1.82) is 0 Å². The second-order valence-corrected chi connectivity index (χ2v) is 7.61. The lowest BCUT2D eigenvalue weighted by Crippen LogP contribution is -2.48. The average Bonchev–Trinajstić information content (AvgIpc) is 2.60. The van der Waals surface area contributed by atoms with Gasteiger partial charge in [0.15, 0.2) is 0 Å². The van der Waals surface area contributed by atoms with Crippen molar-refractivity contribution < 1.29 is 9.90 Å². The van der Waals surface area contributed by atoms with Crippen LogP contribution in [0.1, 0.15) is 53.4 Å². The van der Waals surface area contributed by atoms with Crippen molar-refractivity contribution in [3.8, 4) is 0 Å². The second kappa shape index (κ2) is 2.96. The number of rotatable bonds is 0. The molecule has 0 saturated heterocycles. The molecule has 5 atom stereocenters. The SMILES string of the molecule is C[C@@H]1CC[C@H]2C(C)(C)[C@H]3C[C@]12C(=O)C[C@@]3(C)O. The van der Waals surface area contributed by atoms with E-state index in [1.807, 2.05) is 6.92 Å². The maximum absolute atomic E-state index is 12.6. The second-order valence-electron chi connectivity index (χ2n) is 7.61.